The number of carbonyl (C=O) groups is 2. The Hall–Kier alpha value is -2.74. The molecule has 5 rings (SSSR count). The number of carbonyl (C=O) groups excluding carboxylic acids is 2. The van der Waals surface area contributed by atoms with Crippen molar-refractivity contribution in [1.82, 2.24) is 9.80 Å². The number of hydrogen-bond donors (Lipinski definition) is 1. The summed E-state index contributed by atoms with van der Waals surface area (Å²) in [7, 11) is 0. The zero-order valence-corrected chi connectivity index (χ0v) is 22.0. The molecule has 1 N–H and O–H groups in total. The van der Waals surface area contributed by atoms with Crippen molar-refractivity contribution in [1.29, 1.82) is 0 Å². The van der Waals surface area contributed by atoms with Gasteiger partial charge in [0.2, 0.25) is 5.91 Å². The van der Waals surface area contributed by atoms with E-state index in [4.69, 9.17) is 4.74 Å². The highest BCUT2D eigenvalue weighted by atomic mass is 32.1. The number of esters is 1. The molecular weight excluding hydrogens is 470 g/mol. The number of hydrogen-bond acceptors (Lipinski definition) is 6. The number of anilines is 1. The van der Waals surface area contributed by atoms with E-state index in [0.29, 0.717) is 17.1 Å². The number of benzene rings is 2. The summed E-state index contributed by atoms with van der Waals surface area (Å²) in [6, 6.07) is 15.0. The molecule has 0 bridgehead atoms. The van der Waals surface area contributed by atoms with Gasteiger partial charge in [-0.25, -0.2) is 4.79 Å². The minimum Gasteiger partial charge on any atom is -0.459 e. The van der Waals surface area contributed by atoms with Crippen molar-refractivity contribution in [3.63, 3.8) is 0 Å². The third-order valence-electron chi connectivity index (χ3n) is 7.08. The van der Waals surface area contributed by atoms with E-state index >= 15 is 0 Å². The topological polar surface area (TPSA) is 61.9 Å². The number of piperazine rings is 1. The number of fused-ring (bicyclic) bond motifs is 2. The average Bonchev–Trinajstić information content (AvgIpc) is 3.23. The van der Waals surface area contributed by atoms with Gasteiger partial charge in [0, 0.05) is 37.6 Å². The molecule has 1 aliphatic heterocycles. The highest BCUT2D eigenvalue weighted by Crippen LogP contribution is 2.38. The summed E-state index contributed by atoms with van der Waals surface area (Å²) in [5.74, 6) is -0.378. The van der Waals surface area contributed by atoms with Crippen molar-refractivity contribution < 1.29 is 14.3 Å². The first-order chi connectivity index (χ1) is 17.5. The Morgan fingerprint density at radius 3 is 2.50 bits per heavy atom. The number of rotatable bonds is 7. The van der Waals surface area contributed by atoms with Gasteiger partial charge in [-0.05, 0) is 61.4 Å². The lowest BCUT2D eigenvalue weighted by Gasteiger charge is -2.34. The molecule has 7 heteroatoms. The van der Waals surface area contributed by atoms with E-state index < -0.39 is 0 Å². The number of nitrogens with zero attached hydrogens (tertiary/aromatic N) is 2. The van der Waals surface area contributed by atoms with Crippen LogP contribution < -0.4 is 5.32 Å². The van der Waals surface area contributed by atoms with E-state index in [1.165, 1.54) is 21.2 Å². The first kappa shape index (κ1) is 24.9. The molecule has 6 nitrogen and oxygen atoms in total. The van der Waals surface area contributed by atoms with Gasteiger partial charge in [0.1, 0.15) is 5.00 Å². The van der Waals surface area contributed by atoms with Crippen LogP contribution in [0.3, 0.4) is 0 Å². The highest BCUT2D eigenvalue weighted by Gasteiger charge is 2.28. The number of aryl methyl sites for hydroxylation is 1. The summed E-state index contributed by atoms with van der Waals surface area (Å²) >= 11 is 1.55. The predicted molar refractivity (Wildman–Crippen MR) is 146 cm³/mol. The van der Waals surface area contributed by atoms with Crippen molar-refractivity contribution in [2.75, 3.05) is 38.0 Å². The number of amides is 1. The van der Waals surface area contributed by atoms with E-state index in [2.05, 4.69) is 57.6 Å². The Morgan fingerprint density at radius 2 is 1.69 bits per heavy atom. The molecule has 0 unspecified atom stereocenters. The second-order valence-corrected chi connectivity index (χ2v) is 11.2. The maximum Gasteiger partial charge on any atom is 0.341 e. The summed E-state index contributed by atoms with van der Waals surface area (Å²) in [6.07, 6.45) is 3.86. The van der Waals surface area contributed by atoms with Gasteiger partial charge in [-0.1, -0.05) is 42.5 Å². The fraction of sp³-hybridized carbons (Fsp3) is 0.448. The minimum atomic E-state index is -0.318. The van der Waals surface area contributed by atoms with Gasteiger partial charge >= 0.3 is 5.97 Å². The largest absolute Gasteiger partial charge is 0.459 e. The molecule has 1 saturated heterocycles. The maximum atomic E-state index is 13.0. The smallest absolute Gasteiger partial charge is 0.341 e. The molecule has 2 aliphatic rings. The summed E-state index contributed by atoms with van der Waals surface area (Å²) in [4.78, 5) is 31.7. The third kappa shape index (κ3) is 5.64. The standard InChI is InChI=1S/C29H35N3O3S/c1-20(2)35-29(34)27-24-12-5-6-13-25(24)36-28(27)30-26(33)19-32-16-14-31(15-17-32)18-22-10-7-9-21-8-3-4-11-23(21)22/h3-4,7-11,20H,5-6,12-19H2,1-2H3,(H,30,33). The zero-order valence-electron chi connectivity index (χ0n) is 21.2. The van der Waals surface area contributed by atoms with E-state index in [-0.39, 0.29) is 18.0 Å². The summed E-state index contributed by atoms with van der Waals surface area (Å²) in [5.41, 5.74) is 3.01. The molecule has 0 atom stereocenters. The Bertz CT molecular complexity index is 1240. The highest BCUT2D eigenvalue weighted by molar-refractivity contribution is 7.17. The number of ether oxygens (including phenoxy) is 1. The van der Waals surface area contributed by atoms with E-state index in [0.717, 1.165) is 64.0 Å². The van der Waals surface area contributed by atoms with Gasteiger partial charge in [0.05, 0.1) is 18.2 Å². The molecular formula is C29H35N3O3S. The van der Waals surface area contributed by atoms with E-state index in [9.17, 15) is 9.59 Å². The first-order valence-electron chi connectivity index (χ1n) is 13.0. The normalized spacial score (nSPS) is 16.8. The molecule has 3 aromatic rings. The predicted octanol–water partition coefficient (Wildman–Crippen LogP) is 5.10. The Balaban J connectivity index is 1.18. The number of thiophene rings is 1. The van der Waals surface area contributed by atoms with Gasteiger partial charge in [-0.2, -0.15) is 0 Å². The van der Waals surface area contributed by atoms with Crippen molar-refractivity contribution in [3.05, 3.63) is 64.0 Å². The van der Waals surface area contributed by atoms with Crippen LogP contribution in [-0.2, 0) is 28.9 Å². The molecule has 2 heterocycles. The fourth-order valence-electron chi connectivity index (χ4n) is 5.29. The van der Waals surface area contributed by atoms with Crippen LogP contribution in [-0.4, -0.2) is 60.5 Å². The van der Waals surface area contributed by atoms with Crippen LogP contribution in [0.1, 0.15) is 53.1 Å². The molecule has 0 spiro atoms. The van der Waals surface area contributed by atoms with Crippen LogP contribution >= 0.6 is 11.3 Å². The van der Waals surface area contributed by atoms with Crippen LogP contribution in [0.5, 0.6) is 0 Å². The third-order valence-corrected chi connectivity index (χ3v) is 8.28. The van der Waals surface area contributed by atoms with Gasteiger partial charge in [0.15, 0.2) is 0 Å². The summed E-state index contributed by atoms with van der Waals surface area (Å²) < 4.78 is 5.52. The monoisotopic (exact) mass is 505 g/mol. The van der Waals surface area contributed by atoms with Crippen LogP contribution in [0, 0.1) is 0 Å². The molecule has 0 radical (unpaired) electrons. The van der Waals surface area contributed by atoms with E-state index in [1.54, 1.807) is 11.3 Å². The lowest BCUT2D eigenvalue weighted by atomic mass is 9.95. The van der Waals surface area contributed by atoms with Crippen LogP contribution in [0.15, 0.2) is 42.5 Å². The lowest BCUT2D eigenvalue weighted by Crippen LogP contribution is -2.48. The SMILES string of the molecule is CC(C)OC(=O)c1c(NC(=O)CN2CCN(Cc3cccc4ccccc34)CC2)sc2c1CCCC2. The first-order valence-corrected chi connectivity index (χ1v) is 13.9. The van der Waals surface area contributed by atoms with Crippen LogP contribution in [0.4, 0.5) is 5.00 Å². The molecule has 1 fully saturated rings. The van der Waals surface area contributed by atoms with Crippen LogP contribution in [0.25, 0.3) is 10.8 Å². The molecule has 1 aliphatic carbocycles. The summed E-state index contributed by atoms with van der Waals surface area (Å²) in [6.45, 7) is 8.52. The zero-order chi connectivity index (χ0) is 25.1. The molecule has 36 heavy (non-hydrogen) atoms. The molecule has 2 aromatic carbocycles. The molecule has 1 aromatic heterocycles. The van der Waals surface area contributed by atoms with Gasteiger partial charge in [-0.3, -0.25) is 14.6 Å². The van der Waals surface area contributed by atoms with Crippen molar-refractivity contribution in [3.8, 4) is 0 Å². The molecule has 0 saturated carbocycles. The minimum absolute atomic E-state index is 0.0605. The van der Waals surface area contributed by atoms with Crippen molar-refractivity contribution >= 4 is 39.0 Å². The van der Waals surface area contributed by atoms with Crippen molar-refractivity contribution in [2.24, 2.45) is 0 Å². The molecule has 1 amide bonds. The second kappa shape index (κ2) is 11.1. The Morgan fingerprint density at radius 1 is 0.972 bits per heavy atom. The van der Waals surface area contributed by atoms with Crippen molar-refractivity contribution in [2.45, 2.75) is 52.2 Å². The number of nitrogens with one attached hydrogen (secondary N) is 1. The average molecular weight is 506 g/mol. The van der Waals surface area contributed by atoms with Crippen LogP contribution in [0.2, 0.25) is 0 Å². The molecule has 190 valence electrons. The quantitative estimate of drug-likeness (QED) is 0.453. The van der Waals surface area contributed by atoms with Gasteiger partial charge < -0.3 is 10.1 Å². The Kier molecular flexibility index (Phi) is 7.70. The van der Waals surface area contributed by atoms with Gasteiger partial charge in [0.25, 0.3) is 0 Å². The fourth-order valence-corrected chi connectivity index (χ4v) is 6.58. The lowest BCUT2D eigenvalue weighted by molar-refractivity contribution is -0.117. The van der Waals surface area contributed by atoms with E-state index in [1.807, 2.05) is 13.8 Å². The Labute approximate surface area is 217 Å². The second-order valence-electron chi connectivity index (χ2n) is 10.1. The maximum absolute atomic E-state index is 13.0. The van der Waals surface area contributed by atoms with Gasteiger partial charge in [-0.15, -0.1) is 11.3 Å². The summed E-state index contributed by atoms with van der Waals surface area (Å²) in [5, 5.41) is 6.31.